The van der Waals surface area contributed by atoms with Crippen LogP contribution in [0.15, 0.2) is 76.3 Å². The maximum atomic E-state index is 12.1. The summed E-state index contributed by atoms with van der Waals surface area (Å²) in [6.07, 6.45) is 1.31. The summed E-state index contributed by atoms with van der Waals surface area (Å²) in [5.41, 5.74) is 4.52. The number of ether oxygens (including phenoxy) is 1. The van der Waals surface area contributed by atoms with Gasteiger partial charge in [0, 0.05) is 26.4 Å². The van der Waals surface area contributed by atoms with Crippen LogP contribution in [0.4, 0.5) is 11.4 Å². The minimum absolute atomic E-state index is 0.231. The molecule has 3 aromatic carbocycles. The van der Waals surface area contributed by atoms with Crippen molar-refractivity contribution in [1.82, 2.24) is 5.43 Å². The van der Waals surface area contributed by atoms with Crippen LogP contribution in [0.3, 0.4) is 0 Å². The summed E-state index contributed by atoms with van der Waals surface area (Å²) in [5, 5.41) is 9.46. The minimum Gasteiger partial charge on any atom is -0.483 e. The van der Waals surface area contributed by atoms with Gasteiger partial charge in [-0.25, -0.2) is 5.43 Å². The lowest BCUT2D eigenvalue weighted by molar-refractivity contribution is -0.136. The molecule has 8 nitrogen and oxygen atoms in total. The largest absolute Gasteiger partial charge is 0.483 e. The molecule has 3 rings (SSSR count). The van der Waals surface area contributed by atoms with Crippen molar-refractivity contribution in [3.63, 3.8) is 0 Å². The summed E-state index contributed by atoms with van der Waals surface area (Å²) in [6, 6.07) is 19.0. The molecule has 0 aliphatic carbocycles. The van der Waals surface area contributed by atoms with Gasteiger partial charge in [0.1, 0.15) is 5.75 Å². The van der Waals surface area contributed by atoms with E-state index in [4.69, 9.17) is 16.3 Å². The molecule has 0 fully saturated rings. The third-order valence-electron chi connectivity index (χ3n) is 4.39. The second kappa shape index (κ2) is 12.0. The first-order valence-electron chi connectivity index (χ1n) is 9.99. The van der Waals surface area contributed by atoms with Crippen molar-refractivity contribution in [3.05, 3.63) is 87.4 Å². The number of halogens is 2. The van der Waals surface area contributed by atoms with E-state index in [1.807, 2.05) is 25.1 Å². The fourth-order valence-corrected chi connectivity index (χ4v) is 3.24. The Morgan fingerprint density at radius 1 is 0.971 bits per heavy atom. The number of carbonyl (C=O) groups is 3. The Labute approximate surface area is 209 Å². The number of rotatable bonds is 7. The van der Waals surface area contributed by atoms with Gasteiger partial charge in [-0.3, -0.25) is 14.4 Å². The molecule has 10 heteroatoms. The molecule has 0 heterocycles. The predicted molar refractivity (Wildman–Crippen MR) is 135 cm³/mol. The van der Waals surface area contributed by atoms with Crippen molar-refractivity contribution < 1.29 is 19.1 Å². The Hall–Kier alpha value is -3.69. The number of nitrogens with zero attached hydrogens (tertiary/aromatic N) is 1. The van der Waals surface area contributed by atoms with Gasteiger partial charge in [0.15, 0.2) is 6.61 Å². The van der Waals surface area contributed by atoms with Crippen molar-refractivity contribution in [2.75, 3.05) is 17.2 Å². The minimum atomic E-state index is -0.965. The van der Waals surface area contributed by atoms with E-state index in [1.54, 1.807) is 48.5 Å². The maximum absolute atomic E-state index is 12.1. The Bertz CT molecular complexity index is 1230. The van der Waals surface area contributed by atoms with E-state index in [9.17, 15) is 14.4 Å². The van der Waals surface area contributed by atoms with Gasteiger partial charge in [-0.2, -0.15) is 5.10 Å². The summed E-state index contributed by atoms with van der Waals surface area (Å²) in [4.78, 5) is 36.3. The molecule has 0 atom stereocenters. The van der Waals surface area contributed by atoms with Crippen molar-refractivity contribution in [1.29, 1.82) is 0 Å². The number of anilines is 2. The fourth-order valence-electron chi connectivity index (χ4n) is 2.68. The van der Waals surface area contributed by atoms with Crippen LogP contribution >= 0.6 is 27.5 Å². The zero-order valence-electron chi connectivity index (χ0n) is 18.0. The highest BCUT2D eigenvalue weighted by Crippen LogP contribution is 2.22. The number of para-hydroxylation sites is 1. The van der Waals surface area contributed by atoms with Gasteiger partial charge in [-0.05, 0) is 55.0 Å². The number of hydrogen-bond acceptors (Lipinski definition) is 5. The topological polar surface area (TPSA) is 109 Å². The van der Waals surface area contributed by atoms with E-state index in [1.165, 1.54) is 6.21 Å². The van der Waals surface area contributed by atoms with E-state index in [2.05, 4.69) is 37.1 Å². The molecule has 0 saturated heterocycles. The Morgan fingerprint density at radius 2 is 1.74 bits per heavy atom. The Kier molecular flexibility index (Phi) is 8.78. The molecule has 0 aliphatic heterocycles. The number of hydrazone groups is 1. The molecule has 0 radical (unpaired) electrons. The van der Waals surface area contributed by atoms with Crippen molar-refractivity contribution in [3.8, 4) is 5.75 Å². The van der Waals surface area contributed by atoms with Crippen LogP contribution < -0.4 is 20.8 Å². The van der Waals surface area contributed by atoms with Crippen molar-refractivity contribution in [2.24, 2.45) is 5.10 Å². The average Bonchev–Trinajstić information content (AvgIpc) is 2.81. The number of nitrogens with one attached hydrogen (secondary N) is 3. The fraction of sp³-hybridized carbons (Fsp3) is 0.0833. The zero-order chi connectivity index (χ0) is 24.5. The van der Waals surface area contributed by atoms with E-state index in [0.29, 0.717) is 27.7 Å². The molecular formula is C24H20BrClN4O4. The third-order valence-corrected chi connectivity index (χ3v) is 5.29. The van der Waals surface area contributed by atoms with Gasteiger partial charge >= 0.3 is 11.8 Å². The van der Waals surface area contributed by atoms with E-state index >= 15 is 0 Å². The SMILES string of the molecule is Cc1ccc(NC(=O)C(=O)N/N=C\c2cc(Br)ccc2OCC(=O)Nc2ccccc2)cc1Cl. The second-order valence-electron chi connectivity index (χ2n) is 7.00. The lowest BCUT2D eigenvalue weighted by Gasteiger charge is -2.10. The molecule has 34 heavy (non-hydrogen) atoms. The van der Waals surface area contributed by atoms with Gasteiger partial charge in [-0.15, -0.1) is 0 Å². The molecule has 3 amide bonds. The first-order valence-corrected chi connectivity index (χ1v) is 11.2. The highest BCUT2D eigenvalue weighted by atomic mass is 79.9. The van der Waals surface area contributed by atoms with Gasteiger partial charge < -0.3 is 15.4 Å². The van der Waals surface area contributed by atoms with Crippen molar-refractivity contribution >= 4 is 62.8 Å². The number of amides is 3. The lowest BCUT2D eigenvalue weighted by Crippen LogP contribution is -2.32. The Morgan fingerprint density at radius 3 is 2.47 bits per heavy atom. The number of hydrogen-bond donors (Lipinski definition) is 3. The quantitative estimate of drug-likeness (QED) is 0.231. The van der Waals surface area contributed by atoms with Crippen molar-refractivity contribution in [2.45, 2.75) is 6.92 Å². The first kappa shape index (κ1) is 24.9. The standard InChI is InChI=1S/C24H20BrClN4O4/c1-15-7-9-19(12-20(15)26)29-23(32)24(33)30-27-13-16-11-17(25)8-10-21(16)34-14-22(31)28-18-5-3-2-4-6-18/h2-13H,14H2,1H3,(H,28,31)(H,29,32)(H,30,33)/b27-13-. The van der Waals surface area contributed by atoms with Crippen LogP contribution in [0, 0.1) is 6.92 Å². The molecule has 3 N–H and O–H groups in total. The summed E-state index contributed by atoms with van der Waals surface area (Å²) in [6.45, 7) is 1.59. The summed E-state index contributed by atoms with van der Waals surface area (Å²) >= 11 is 9.38. The highest BCUT2D eigenvalue weighted by molar-refractivity contribution is 9.10. The van der Waals surface area contributed by atoms with Crippen LogP contribution in [0.5, 0.6) is 5.75 Å². The zero-order valence-corrected chi connectivity index (χ0v) is 20.3. The van der Waals surface area contributed by atoms with Gasteiger partial charge in [-0.1, -0.05) is 51.8 Å². The number of carbonyl (C=O) groups excluding carboxylic acids is 3. The third kappa shape index (κ3) is 7.43. The van der Waals surface area contributed by atoms with Crippen LogP contribution in [0.2, 0.25) is 5.02 Å². The number of aryl methyl sites for hydroxylation is 1. The molecular weight excluding hydrogens is 524 g/mol. The van der Waals surface area contributed by atoms with Gasteiger partial charge in [0.05, 0.1) is 6.21 Å². The van der Waals surface area contributed by atoms with Gasteiger partial charge in [0.25, 0.3) is 5.91 Å². The Balaban J connectivity index is 1.57. The van der Waals surface area contributed by atoms with E-state index in [-0.39, 0.29) is 12.5 Å². The molecule has 0 spiro atoms. The molecule has 0 unspecified atom stereocenters. The summed E-state index contributed by atoms with van der Waals surface area (Å²) < 4.78 is 6.33. The van der Waals surface area contributed by atoms with Crippen LogP contribution in [0.25, 0.3) is 0 Å². The molecule has 0 aliphatic rings. The maximum Gasteiger partial charge on any atom is 0.329 e. The predicted octanol–water partition coefficient (Wildman–Crippen LogP) is 4.52. The van der Waals surface area contributed by atoms with Crippen LogP contribution in [0.1, 0.15) is 11.1 Å². The second-order valence-corrected chi connectivity index (χ2v) is 8.33. The monoisotopic (exact) mass is 542 g/mol. The lowest BCUT2D eigenvalue weighted by atomic mass is 10.2. The van der Waals surface area contributed by atoms with E-state index < -0.39 is 11.8 Å². The van der Waals surface area contributed by atoms with E-state index in [0.717, 1.165) is 10.0 Å². The molecule has 0 bridgehead atoms. The molecule has 0 saturated carbocycles. The van der Waals surface area contributed by atoms with Crippen LogP contribution in [-0.2, 0) is 14.4 Å². The smallest absolute Gasteiger partial charge is 0.329 e. The molecule has 3 aromatic rings. The molecule has 0 aromatic heterocycles. The average molecular weight is 544 g/mol. The first-order chi connectivity index (χ1) is 16.3. The summed E-state index contributed by atoms with van der Waals surface area (Å²) in [5.74, 6) is -1.84. The highest BCUT2D eigenvalue weighted by Gasteiger charge is 2.14. The van der Waals surface area contributed by atoms with Crippen LogP contribution in [-0.4, -0.2) is 30.5 Å². The molecule has 174 valence electrons. The normalized spacial score (nSPS) is 10.6. The van der Waals surface area contributed by atoms with Gasteiger partial charge in [0.2, 0.25) is 0 Å². The summed E-state index contributed by atoms with van der Waals surface area (Å²) in [7, 11) is 0. The number of benzene rings is 3.